The highest BCUT2D eigenvalue weighted by atomic mass is 16.5. The third-order valence-electron chi connectivity index (χ3n) is 6.95. The van der Waals surface area contributed by atoms with Crippen molar-refractivity contribution in [2.75, 3.05) is 38.6 Å². The molecule has 1 fully saturated rings. The lowest BCUT2D eigenvalue weighted by Gasteiger charge is -2.27. The average molecular weight is 489 g/mol. The van der Waals surface area contributed by atoms with Crippen molar-refractivity contribution >= 4 is 28.8 Å². The van der Waals surface area contributed by atoms with Crippen molar-refractivity contribution in [1.82, 2.24) is 24.3 Å². The van der Waals surface area contributed by atoms with Gasteiger partial charge in [0.15, 0.2) is 0 Å². The van der Waals surface area contributed by atoms with Gasteiger partial charge in [0.2, 0.25) is 11.9 Å². The SMILES string of the molecule is C=CC(=O)N1CCCCC(n2c(NC(=O)c3ccnc(C)c3)nc3ccc4c(c32)CN(C)CCO4)C1. The van der Waals surface area contributed by atoms with Crippen LogP contribution >= 0.6 is 0 Å². The molecular formula is C27H32N6O3. The Morgan fingerprint density at radius 1 is 1.22 bits per heavy atom. The number of benzene rings is 1. The van der Waals surface area contributed by atoms with E-state index in [-0.39, 0.29) is 17.9 Å². The molecule has 0 radical (unpaired) electrons. The Morgan fingerprint density at radius 2 is 2.08 bits per heavy atom. The third-order valence-corrected chi connectivity index (χ3v) is 6.95. The molecule has 188 valence electrons. The van der Waals surface area contributed by atoms with Crippen LogP contribution in [0.15, 0.2) is 43.1 Å². The molecule has 5 rings (SSSR count). The Kier molecular flexibility index (Phi) is 6.73. The molecule has 2 aliphatic heterocycles. The fraction of sp³-hybridized carbons (Fsp3) is 0.407. The lowest BCUT2D eigenvalue weighted by atomic mass is 10.1. The Morgan fingerprint density at radius 3 is 2.89 bits per heavy atom. The van der Waals surface area contributed by atoms with E-state index < -0.39 is 0 Å². The van der Waals surface area contributed by atoms with Crippen molar-refractivity contribution in [3.05, 3.63) is 59.9 Å². The van der Waals surface area contributed by atoms with E-state index in [1.54, 1.807) is 18.3 Å². The van der Waals surface area contributed by atoms with Crippen LogP contribution in [0.2, 0.25) is 0 Å². The van der Waals surface area contributed by atoms with E-state index in [0.29, 0.717) is 37.8 Å². The molecule has 2 aliphatic rings. The summed E-state index contributed by atoms with van der Waals surface area (Å²) in [5.41, 5.74) is 4.07. The second kappa shape index (κ2) is 10.1. The van der Waals surface area contributed by atoms with E-state index >= 15 is 0 Å². The van der Waals surface area contributed by atoms with Gasteiger partial charge in [0.25, 0.3) is 5.91 Å². The molecule has 1 saturated heterocycles. The van der Waals surface area contributed by atoms with Crippen molar-refractivity contribution in [2.45, 2.75) is 38.8 Å². The summed E-state index contributed by atoms with van der Waals surface area (Å²) in [6.45, 7) is 8.89. The van der Waals surface area contributed by atoms with Gasteiger partial charge in [-0.1, -0.05) is 6.58 Å². The smallest absolute Gasteiger partial charge is 0.258 e. The number of carbonyl (C=O) groups is 2. The van der Waals surface area contributed by atoms with E-state index in [0.717, 1.165) is 53.8 Å². The van der Waals surface area contributed by atoms with Crippen LogP contribution in [0, 0.1) is 6.92 Å². The van der Waals surface area contributed by atoms with E-state index in [4.69, 9.17) is 9.72 Å². The minimum atomic E-state index is -0.246. The molecule has 1 aromatic carbocycles. The van der Waals surface area contributed by atoms with Crippen LogP contribution in [-0.2, 0) is 11.3 Å². The van der Waals surface area contributed by atoms with Crippen LogP contribution in [0.3, 0.4) is 0 Å². The Labute approximate surface area is 210 Å². The summed E-state index contributed by atoms with van der Waals surface area (Å²) < 4.78 is 8.21. The number of hydrogen-bond acceptors (Lipinski definition) is 6. The molecule has 1 atom stereocenters. The number of hydrogen-bond donors (Lipinski definition) is 1. The zero-order valence-corrected chi connectivity index (χ0v) is 20.9. The van der Waals surface area contributed by atoms with Gasteiger partial charge < -0.3 is 14.2 Å². The van der Waals surface area contributed by atoms with Gasteiger partial charge in [-0.3, -0.25) is 24.8 Å². The summed E-state index contributed by atoms with van der Waals surface area (Å²) in [6, 6.07) is 7.31. The number of amides is 2. The van der Waals surface area contributed by atoms with Crippen LogP contribution in [-0.4, -0.2) is 69.4 Å². The van der Waals surface area contributed by atoms with Gasteiger partial charge in [0, 0.05) is 49.2 Å². The predicted octanol–water partition coefficient (Wildman–Crippen LogP) is 3.56. The largest absolute Gasteiger partial charge is 0.492 e. The molecule has 2 amide bonds. The molecule has 0 aliphatic carbocycles. The van der Waals surface area contributed by atoms with Gasteiger partial charge in [0.05, 0.1) is 17.1 Å². The lowest BCUT2D eigenvalue weighted by Crippen LogP contribution is -2.34. The zero-order chi connectivity index (χ0) is 25.2. The molecule has 1 N–H and O–H groups in total. The number of likely N-dealkylation sites (N-methyl/N-ethyl adjacent to an activating group) is 1. The van der Waals surface area contributed by atoms with Crippen molar-refractivity contribution in [3.63, 3.8) is 0 Å². The number of pyridine rings is 1. The molecule has 36 heavy (non-hydrogen) atoms. The number of anilines is 1. The minimum absolute atomic E-state index is 0.0593. The molecular weight excluding hydrogens is 456 g/mol. The number of ether oxygens (including phenoxy) is 1. The zero-order valence-electron chi connectivity index (χ0n) is 20.9. The number of aromatic nitrogens is 3. The summed E-state index contributed by atoms with van der Waals surface area (Å²) >= 11 is 0. The number of nitrogens with zero attached hydrogens (tertiary/aromatic N) is 5. The van der Waals surface area contributed by atoms with Crippen LogP contribution in [0.5, 0.6) is 5.75 Å². The van der Waals surface area contributed by atoms with Crippen LogP contribution in [0.4, 0.5) is 5.95 Å². The highest BCUT2D eigenvalue weighted by molar-refractivity contribution is 6.04. The number of likely N-dealkylation sites (tertiary alicyclic amines) is 1. The second-order valence-electron chi connectivity index (χ2n) is 9.58. The van der Waals surface area contributed by atoms with Crippen molar-refractivity contribution in [3.8, 4) is 5.75 Å². The molecule has 0 bridgehead atoms. The van der Waals surface area contributed by atoms with E-state index in [1.165, 1.54) is 6.08 Å². The van der Waals surface area contributed by atoms with Gasteiger partial charge >= 0.3 is 0 Å². The summed E-state index contributed by atoms with van der Waals surface area (Å²) in [6.07, 6.45) is 5.75. The summed E-state index contributed by atoms with van der Waals surface area (Å²) in [7, 11) is 2.07. The predicted molar refractivity (Wildman–Crippen MR) is 138 cm³/mol. The monoisotopic (exact) mass is 488 g/mol. The number of imidazole rings is 1. The van der Waals surface area contributed by atoms with Crippen LogP contribution in [0.1, 0.15) is 46.9 Å². The highest BCUT2D eigenvalue weighted by Crippen LogP contribution is 2.37. The lowest BCUT2D eigenvalue weighted by molar-refractivity contribution is -0.126. The maximum atomic E-state index is 13.3. The van der Waals surface area contributed by atoms with Gasteiger partial charge in [-0.2, -0.15) is 0 Å². The molecule has 3 aromatic rings. The Balaban J connectivity index is 1.64. The van der Waals surface area contributed by atoms with Crippen LogP contribution in [0.25, 0.3) is 11.0 Å². The van der Waals surface area contributed by atoms with Crippen molar-refractivity contribution < 1.29 is 14.3 Å². The molecule has 4 heterocycles. The molecule has 0 saturated carbocycles. The van der Waals surface area contributed by atoms with Crippen LogP contribution < -0.4 is 10.1 Å². The van der Waals surface area contributed by atoms with E-state index in [9.17, 15) is 9.59 Å². The number of aryl methyl sites for hydroxylation is 1. The molecule has 1 unspecified atom stereocenters. The molecule has 0 spiro atoms. The first-order valence-electron chi connectivity index (χ1n) is 12.4. The normalized spacial score (nSPS) is 18.6. The maximum absolute atomic E-state index is 13.3. The van der Waals surface area contributed by atoms with E-state index in [1.807, 2.05) is 24.0 Å². The fourth-order valence-electron chi connectivity index (χ4n) is 5.15. The summed E-state index contributed by atoms with van der Waals surface area (Å²) in [5, 5.41) is 3.06. The fourth-order valence-corrected chi connectivity index (χ4v) is 5.15. The van der Waals surface area contributed by atoms with Crippen molar-refractivity contribution in [2.24, 2.45) is 0 Å². The van der Waals surface area contributed by atoms with Gasteiger partial charge in [-0.25, -0.2) is 4.98 Å². The van der Waals surface area contributed by atoms with Gasteiger partial charge in [-0.15, -0.1) is 0 Å². The first-order chi connectivity index (χ1) is 17.4. The summed E-state index contributed by atoms with van der Waals surface area (Å²) in [4.78, 5) is 39.0. The molecule has 9 nitrogen and oxygen atoms in total. The maximum Gasteiger partial charge on any atom is 0.258 e. The highest BCUT2D eigenvalue weighted by Gasteiger charge is 2.29. The van der Waals surface area contributed by atoms with Crippen molar-refractivity contribution in [1.29, 1.82) is 0 Å². The number of carbonyl (C=O) groups excluding carboxylic acids is 2. The van der Waals surface area contributed by atoms with E-state index in [2.05, 4.69) is 33.4 Å². The quantitative estimate of drug-likeness (QED) is 0.565. The first-order valence-corrected chi connectivity index (χ1v) is 12.4. The number of nitrogens with one attached hydrogen (secondary N) is 1. The van der Waals surface area contributed by atoms with Gasteiger partial charge in [0.1, 0.15) is 12.4 Å². The van der Waals surface area contributed by atoms with Gasteiger partial charge in [-0.05, 0) is 63.6 Å². The molecule has 2 aromatic heterocycles. The number of rotatable bonds is 4. The summed E-state index contributed by atoms with van der Waals surface area (Å²) in [5.74, 6) is 0.987. The Bertz CT molecular complexity index is 1320. The standard InChI is InChI=1S/C27H32N6O3/c1-4-24(34)32-12-6-5-7-20(16-32)33-25-21-17-31(3)13-14-36-23(21)9-8-22(25)29-27(33)30-26(35)19-10-11-28-18(2)15-19/h4,8-11,15,20H,1,5-7,12-14,16-17H2,2-3H3,(H,29,30,35). The minimum Gasteiger partial charge on any atom is -0.492 e. The second-order valence-corrected chi connectivity index (χ2v) is 9.58. The number of fused-ring (bicyclic) bond motifs is 3. The molecule has 9 heteroatoms. The Hall–Kier alpha value is -3.72. The average Bonchev–Trinajstić information content (AvgIpc) is 3.00. The topological polar surface area (TPSA) is 92.6 Å². The third kappa shape index (κ3) is 4.70. The first kappa shape index (κ1) is 24.0.